The zero-order chi connectivity index (χ0) is 17.8. The molecule has 0 fully saturated rings. The first kappa shape index (κ1) is 17.7. The van der Waals surface area contributed by atoms with Crippen molar-refractivity contribution >= 4 is 22.3 Å². The van der Waals surface area contributed by atoms with Gasteiger partial charge >= 0.3 is 0 Å². The fraction of sp³-hybridized carbons (Fsp3) is 0.476. The van der Waals surface area contributed by atoms with Gasteiger partial charge in [0.05, 0.1) is 5.52 Å². The van der Waals surface area contributed by atoms with E-state index in [1.165, 1.54) is 43.4 Å². The number of ketones is 1. The molecule has 3 rings (SSSR count). The topological polar surface area (TPSA) is 51.3 Å². The molecule has 25 heavy (non-hydrogen) atoms. The zero-order valence-corrected chi connectivity index (χ0v) is 15.4. The summed E-state index contributed by atoms with van der Waals surface area (Å²) in [4.78, 5) is 14.2. The van der Waals surface area contributed by atoms with Crippen LogP contribution in [0.25, 0.3) is 16.5 Å². The fourth-order valence-electron chi connectivity index (χ4n) is 3.65. The van der Waals surface area contributed by atoms with Crippen LogP contribution in [0.15, 0.2) is 30.5 Å². The average Bonchev–Trinajstić information content (AvgIpc) is 2.95. The first-order valence-electron chi connectivity index (χ1n) is 9.43. The number of hydrogen-bond donors (Lipinski definition) is 1. The van der Waals surface area contributed by atoms with Gasteiger partial charge in [-0.1, -0.05) is 32.3 Å². The van der Waals surface area contributed by atoms with E-state index in [4.69, 9.17) is 5.84 Å². The number of hydrogen-bond acceptors (Lipinski definition) is 3. The van der Waals surface area contributed by atoms with Crippen molar-refractivity contribution in [1.29, 1.82) is 0 Å². The number of Topliss-reactive ketones (excluding diaryl/α,β-unsaturated/α-hetero) is 1. The number of benzene rings is 1. The molecule has 1 aromatic heterocycles. The second kappa shape index (κ2) is 7.87. The minimum atomic E-state index is 0.0912. The smallest absolute Gasteiger partial charge is 0.159 e. The third kappa shape index (κ3) is 3.96. The molecule has 2 N–H and O–H groups in total. The van der Waals surface area contributed by atoms with Gasteiger partial charge in [-0.25, -0.2) is 0 Å². The number of nitrogens with zero attached hydrogens (tertiary/aromatic N) is 2. The maximum atomic E-state index is 11.7. The van der Waals surface area contributed by atoms with E-state index in [0.717, 1.165) is 36.0 Å². The largest absolute Gasteiger partial charge is 0.339 e. The molecule has 0 bridgehead atoms. The van der Waals surface area contributed by atoms with E-state index in [-0.39, 0.29) is 5.78 Å². The molecule has 1 aromatic carbocycles. The van der Waals surface area contributed by atoms with Gasteiger partial charge in [0.1, 0.15) is 0 Å². The molecule has 0 amide bonds. The third-order valence-corrected chi connectivity index (χ3v) is 5.21. The number of unbranched alkanes of at least 4 members (excludes halogenated alkanes) is 3. The van der Waals surface area contributed by atoms with Gasteiger partial charge in [-0.3, -0.25) is 14.4 Å². The Labute approximate surface area is 150 Å². The van der Waals surface area contributed by atoms with E-state index in [9.17, 15) is 4.79 Å². The molecule has 2 aromatic rings. The number of rotatable bonds is 7. The maximum Gasteiger partial charge on any atom is 0.159 e. The standard InChI is InChI=1S/C21H29N3O/c1-3-4-5-6-11-23-12-9-17(10-13-23)20-15-24(22)21-8-7-18(16(2)25)14-19(20)21/h7-9,14-15H,3-6,10-13,22H2,1-2H3. The molecule has 0 spiro atoms. The van der Waals surface area contributed by atoms with E-state index in [0.29, 0.717) is 0 Å². The van der Waals surface area contributed by atoms with Crippen molar-refractivity contribution in [3.63, 3.8) is 0 Å². The van der Waals surface area contributed by atoms with Crippen molar-refractivity contribution in [2.24, 2.45) is 0 Å². The minimum absolute atomic E-state index is 0.0912. The van der Waals surface area contributed by atoms with E-state index < -0.39 is 0 Å². The molecule has 0 unspecified atom stereocenters. The molecular formula is C21H29N3O. The molecule has 0 saturated carbocycles. The normalized spacial score (nSPS) is 15.5. The van der Waals surface area contributed by atoms with E-state index in [1.54, 1.807) is 11.6 Å². The molecular weight excluding hydrogens is 310 g/mol. The summed E-state index contributed by atoms with van der Waals surface area (Å²) in [6, 6.07) is 5.78. The highest BCUT2D eigenvalue weighted by Crippen LogP contribution is 2.31. The Kier molecular flexibility index (Phi) is 5.59. The molecule has 0 saturated heterocycles. The van der Waals surface area contributed by atoms with Crippen molar-refractivity contribution in [2.75, 3.05) is 25.5 Å². The van der Waals surface area contributed by atoms with Crippen molar-refractivity contribution in [3.05, 3.63) is 41.6 Å². The molecule has 1 aliphatic rings. The minimum Gasteiger partial charge on any atom is -0.339 e. The third-order valence-electron chi connectivity index (χ3n) is 5.21. The summed E-state index contributed by atoms with van der Waals surface area (Å²) >= 11 is 0. The zero-order valence-electron chi connectivity index (χ0n) is 15.4. The molecule has 0 atom stereocenters. The van der Waals surface area contributed by atoms with Gasteiger partial charge in [-0.05, 0) is 50.1 Å². The van der Waals surface area contributed by atoms with Crippen LogP contribution >= 0.6 is 0 Å². The van der Waals surface area contributed by atoms with Crippen molar-refractivity contribution in [2.45, 2.75) is 46.0 Å². The summed E-state index contributed by atoms with van der Waals surface area (Å²) in [6.45, 7) is 7.15. The summed E-state index contributed by atoms with van der Waals surface area (Å²) in [7, 11) is 0. The molecule has 2 heterocycles. The van der Waals surface area contributed by atoms with Crippen molar-refractivity contribution in [3.8, 4) is 0 Å². The summed E-state index contributed by atoms with van der Waals surface area (Å²) in [5.41, 5.74) is 4.24. The second-order valence-electron chi connectivity index (χ2n) is 7.08. The van der Waals surface area contributed by atoms with Crippen molar-refractivity contribution in [1.82, 2.24) is 9.58 Å². The van der Waals surface area contributed by atoms with Crippen LogP contribution in [-0.4, -0.2) is 35.0 Å². The van der Waals surface area contributed by atoms with Crippen molar-refractivity contribution < 1.29 is 4.79 Å². The lowest BCUT2D eigenvalue weighted by Crippen LogP contribution is -2.29. The predicted octanol–water partition coefficient (Wildman–Crippen LogP) is 4.23. The van der Waals surface area contributed by atoms with Crippen LogP contribution < -0.4 is 5.84 Å². The van der Waals surface area contributed by atoms with Gasteiger partial charge in [0.25, 0.3) is 0 Å². The molecule has 4 heteroatoms. The van der Waals surface area contributed by atoms with Crippen LogP contribution in [0.1, 0.15) is 61.9 Å². The highest BCUT2D eigenvalue weighted by Gasteiger charge is 2.17. The highest BCUT2D eigenvalue weighted by molar-refractivity contribution is 6.01. The van der Waals surface area contributed by atoms with Crippen LogP contribution in [0, 0.1) is 0 Å². The van der Waals surface area contributed by atoms with Crippen LogP contribution in [0.5, 0.6) is 0 Å². The lowest BCUT2D eigenvalue weighted by atomic mass is 9.97. The maximum absolute atomic E-state index is 11.7. The number of fused-ring (bicyclic) bond motifs is 1. The number of aromatic nitrogens is 1. The molecule has 0 aliphatic carbocycles. The number of carbonyl (C=O) groups excluding carboxylic acids is 1. The lowest BCUT2D eigenvalue weighted by Gasteiger charge is -2.26. The monoisotopic (exact) mass is 339 g/mol. The quantitative estimate of drug-likeness (QED) is 0.467. The van der Waals surface area contributed by atoms with Crippen LogP contribution in [0.4, 0.5) is 0 Å². The first-order valence-corrected chi connectivity index (χ1v) is 9.43. The number of carbonyl (C=O) groups is 1. The molecule has 0 radical (unpaired) electrons. The predicted molar refractivity (Wildman–Crippen MR) is 105 cm³/mol. The first-order chi connectivity index (χ1) is 12.1. The Bertz CT molecular complexity index is 788. The van der Waals surface area contributed by atoms with Gasteiger partial charge in [-0.2, -0.15) is 0 Å². The van der Waals surface area contributed by atoms with E-state index in [1.807, 2.05) is 24.4 Å². The van der Waals surface area contributed by atoms with Gasteiger partial charge in [0, 0.05) is 35.8 Å². The van der Waals surface area contributed by atoms with Crippen LogP contribution in [0.3, 0.4) is 0 Å². The second-order valence-corrected chi connectivity index (χ2v) is 7.08. The molecule has 1 aliphatic heterocycles. The number of nitrogen functional groups attached to an aromatic ring is 1. The Hall–Kier alpha value is -2.07. The van der Waals surface area contributed by atoms with E-state index >= 15 is 0 Å². The summed E-state index contributed by atoms with van der Waals surface area (Å²) < 4.78 is 1.67. The fourth-order valence-corrected chi connectivity index (χ4v) is 3.65. The summed E-state index contributed by atoms with van der Waals surface area (Å²) in [6.07, 6.45) is 10.6. The van der Waals surface area contributed by atoms with Crippen LogP contribution in [0.2, 0.25) is 0 Å². The molecule has 4 nitrogen and oxygen atoms in total. The Balaban J connectivity index is 1.77. The SMILES string of the molecule is CCCCCCN1CC=C(c2cn(N)c3ccc(C(C)=O)cc23)CC1. The van der Waals surface area contributed by atoms with Gasteiger partial charge in [0.15, 0.2) is 5.78 Å². The van der Waals surface area contributed by atoms with Crippen LogP contribution in [-0.2, 0) is 0 Å². The van der Waals surface area contributed by atoms with E-state index in [2.05, 4.69) is 17.9 Å². The number of nitrogens with two attached hydrogens (primary N) is 1. The highest BCUT2D eigenvalue weighted by atomic mass is 16.1. The lowest BCUT2D eigenvalue weighted by molar-refractivity contribution is 0.101. The Morgan fingerprint density at radius 1 is 1.24 bits per heavy atom. The average molecular weight is 339 g/mol. The van der Waals surface area contributed by atoms with Gasteiger partial charge < -0.3 is 5.84 Å². The van der Waals surface area contributed by atoms with Gasteiger partial charge in [-0.15, -0.1) is 0 Å². The van der Waals surface area contributed by atoms with Gasteiger partial charge in [0.2, 0.25) is 0 Å². The summed E-state index contributed by atoms with van der Waals surface area (Å²) in [5, 5.41) is 1.08. The Morgan fingerprint density at radius 3 is 2.76 bits per heavy atom. The molecule has 134 valence electrons. The summed E-state index contributed by atoms with van der Waals surface area (Å²) in [5.74, 6) is 6.22. The Morgan fingerprint density at radius 2 is 2.08 bits per heavy atom.